The predicted molar refractivity (Wildman–Crippen MR) is 145 cm³/mol. The summed E-state index contributed by atoms with van der Waals surface area (Å²) >= 11 is 0. The molecule has 0 aromatic heterocycles. The van der Waals surface area contributed by atoms with Gasteiger partial charge in [0, 0.05) is 5.56 Å². The van der Waals surface area contributed by atoms with Crippen LogP contribution in [-0.4, -0.2) is 20.2 Å². The largest absolute Gasteiger partial charge is 0.345 e. The fourth-order valence-corrected chi connectivity index (χ4v) is 5.02. The lowest BCUT2D eigenvalue weighted by atomic mass is 10.1. The van der Waals surface area contributed by atoms with Gasteiger partial charge in [0.2, 0.25) is 0 Å². The summed E-state index contributed by atoms with van der Waals surface area (Å²) in [6.07, 6.45) is 0. The minimum absolute atomic E-state index is 0.119. The van der Waals surface area contributed by atoms with E-state index in [1.165, 1.54) is 12.1 Å². The number of carbonyl (C=O) groups excluding carboxylic acids is 2. The van der Waals surface area contributed by atoms with Crippen molar-refractivity contribution in [2.75, 3.05) is 10.0 Å². The Kier molecular flexibility index (Phi) is 7.69. The van der Waals surface area contributed by atoms with E-state index in [0.717, 1.165) is 5.56 Å². The van der Waals surface area contributed by atoms with Crippen LogP contribution in [0.25, 0.3) is 0 Å². The second kappa shape index (κ2) is 11.1. The van der Waals surface area contributed by atoms with Crippen LogP contribution in [-0.2, 0) is 10.0 Å². The maximum atomic E-state index is 13.2. The Morgan fingerprint density at radius 1 is 0.676 bits per heavy atom. The van der Waals surface area contributed by atoms with Crippen LogP contribution in [0.5, 0.6) is 0 Å². The third kappa shape index (κ3) is 6.05. The predicted octanol–water partition coefficient (Wildman–Crippen LogP) is 5.54. The molecule has 7 nitrogen and oxygen atoms in total. The minimum Gasteiger partial charge on any atom is -0.345 e. The molecule has 0 spiro atoms. The van der Waals surface area contributed by atoms with E-state index < -0.39 is 15.9 Å². The number of carbonyl (C=O) groups is 2. The molecule has 0 saturated carbocycles. The summed E-state index contributed by atoms with van der Waals surface area (Å²) in [6, 6.07) is 28.9. The van der Waals surface area contributed by atoms with E-state index in [1.807, 2.05) is 37.3 Å². The van der Waals surface area contributed by atoms with Gasteiger partial charge >= 0.3 is 0 Å². The molecular weight excluding hydrogens is 486 g/mol. The summed E-state index contributed by atoms with van der Waals surface area (Å²) in [5.74, 6) is -0.789. The topological polar surface area (TPSA) is 104 Å². The molecule has 0 bridgehead atoms. The Balaban J connectivity index is 1.54. The minimum atomic E-state index is -3.82. The van der Waals surface area contributed by atoms with Gasteiger partial charge in [-0.2, -0.15) is 0 Å². The Labute approximate surface area is 216 Å². The van der Waals surface area contributed by atoms with Gasteiger partial charge in [0.05, 0.1) is 27.9 Å². The van der Waals surface area contributed by atoms with Gasteiger partial charge in [-0.15, -0.1) is 0 Å². The lowest BCUT2D eigenvalue weighted by molar-refractivity contribution is 0.0940. The van der Waals surface area contributed by atoms with Crippen molar-refractivity contribution in [1.82, 2.24) is 5.32 Å². The third-order valence-corrected chi connectivity index (χ3v) is 7.32. The highest BCUT2D eigenvalue weighted by atomic mass is 32.2. The number of anilines is 2. The average Bonchev–Trinajstić information content (AvgIpc) is 2.91. The van der Waals surface area contributed by atoms with Crippen molar-refractivity contribution in [3.8, 4) is 0 Å². The van der Waals surface area contributed by atoms with Gasteiger partial charge in [-0.25, -0.2) is 8.42 Å². The van der Waals surface area contributed by atoms with E-state index in [9.17, 15) is 18.0 Å². The number of hydrogen-bond donors (Lipinski definition) is 3. The molecule has 4 aromatic carbocycles. The number of hydrogen-bond acceptors (Lipinski definition) is 4. The van der Waals surface area contributed by atoms with Crippen LogP contribution in [0.2, 0.25) is 0 Å². The second-order valence-electron chi connectivity index (χ2n) is 8.50. The highest BCUT2D eigenvalue weighted by molar-refractivity contribution is 7.92. The van der Waals surface area contributed by atoms with Crippen molar-refractivity contribution >= 4 is 33.2 Å². The van der Waals surface area contributed by atoms with Gasteiger partial charge in [0.15, 0.2) is 0 Å². The van der Waals surface area contributed by atoms with E-state index in [4.69, 9.17) is 0 Å². The SMILES string of the molecule is Cc1c(NS(=O)(=O)c2ccccc2)cccc1C(=O)Nc1ccccc1C(=O)N[C@@H](C)c1ccccc1. The van der Waals surface area contributed by atoms with E-state index in [-0.39, 0.29) is 22.4 Å². The molecule has 4 rings (SSSR count). The lowest BCUT2D eigenvalue weighted by Crippen LogP contribution is -2.28. The summed E-state index contributed by atoms with van der Waals surface area (Å²) in [5.41, 5.74) is 2.65. The number of sulfonamides is 1. The maximum Gasteiger partial charge on any atom is 0.261 e. The van der Waals surface area contributed by atoms with Crippen LogP contribution in [0.15, 0.2) is 108 Å². The summed E-state index contributed by atoms with van der Waals surface area (Å²) in [6.45, 7) is 3.55. The van der Waals surface area contributed by atoms with Crippen molar-refractivity contribution in [3.63, 3.8) is 0 Å². The van der Waals surface area contributed by atoms with Crippen molar-refractivity contribution in [1.29, 1.82) is 0 Å². The molecule has 37 heavy (non-hydrogen) atoms. The normalized spacial score (nSPS) is 11.8. The quantitative estimate of drug-likeness (QED) is 0.288. The molecule has 0 unspecified atom stereocenters. The highest BCUT2D eigenvalue weighted by Gasteiger charge is 2.20. The Bertz CT molecular complexity index is 1520. The number of benzene rings is 4. The monoisotopic (exact) mass is 513 g/mol. The zero-order valence-electron chi connectivity index (χ0n) is 20.4. The van der Waals surface area contributed by atoms with E-state index in [2.05, 4.69) is 15.4 Å². The fourth-order valence-electron chi connectivity index (χ4n) is 3.87. The summed E-state index contributed by atoms with van der Waals surface area (Å²) in [5, 5.41) is 5.77. The molecule has 0 aliphatic heterocycles. The van der Waals surface area contributed by atoms with Gasteiger partial charge in [-0.05, 0) is 61.4 Å². The first-order valence-electron chi connectivity index (χ1n) is 11.7. The Hall–Kier alpha value is -4.43. The van der Waals surface area contributed by atoms with Gasteiger partial charge in [-0.3, -0.25) is 14.3 Å². The Morgan fingerprint density at radius 2 is 1.24 bits per heavy atom. The van der Waals surface area contributed by atoms with Crippen molar-refractivity contribution in [2.24, 2.45) is 0 Å². The summed E-state index contributed by atoms with van der Waals surface area (Å²) < 4.78 is 28.1. The maximum absolute atomic E-state index is 13.2. The molecule has 0 aliphatic rings. The van der Waals surface area contributed by atoms with E-state index in [1.54, 1.807) is 67.6 Å². The molecular formula is C29H27N3O4S. The van der Waals surface area contributed by atoms with Crippen LogP contribution >= 0.6 is 0 Å². The van der Waals surface area contributed by atoms with Crippen molar-refractivity contribution in [3.05, 3.63) is 125 Å². The molecule has 2 amide bonds. The zero-order chi connectivity index (χ0) is 26.4. The van der Waals surface area contributed by atoms with Gasteiger partial charge in [-0.1, -0.05) is 66.7 Å². The number of nitrogens with one attached hydrogen (secondary N) is 3. The molecule has 8 heteroatoms. The zero-order valence-corrected chi connectivity index (χ0v) is 21.3. The van der Waals surface area contributed by atoms with Crippen LogP contribution in [0.1, 0.15) is 44.8 Å². The van der Waals surface area contributed by atoms with Gasteiger partial charge in [0.1, 0.15) is 0 Å². The van der Waals surface area contributed by atoms with E-state index >= 15 is 0 Å². The summed E-state index contributed by atoms with van der Waals surface area (Å²) in [4.78, 5) is 26.4. The third-order valence-electron chi connectivity index (χ3n) is 5.94. The Morgan fingerprint density at radius 3 is 1.95 bits per heavy atom. The molecule has 188 valence electrons. The van der Waals surface area contributed by atoms with Crippen LogP contribution < -0.4 is 15.4 Å². The van der Waals surface area contributed by atoms with Crippen molar-refractivity contribution in [2.45, 2.75) is 24.8 Å². The summed E-state index contributed by atoms with van der Waals surface area (Å²) in [7, 11) is -3.82. The molecule has 4 aromatic rings. The first-order chi connectivity index (χ1) is 17.8. The standard InChI is InChI=1S/C29H27N3O4S/c1-20-24(17-11-19-26(20)32-37(35,36)23-14-7-4-8-15-23)28(33)31-27-18-10-9-16-25(27)29(34)30-21(2)22-12-5-3-6-13-22/h3-19,21,32H,1-2H3,(H,30,34)(H,31,33)/t21-/m0/s1. The molecule has 1 atom stereocenters. The van der Waals surface area contributed by atoms with Crippen LogP contribution in [0.3, 0.4) is 0 Å². The number of para-hydroxylation sites is 1. The second-order valence-corrected chi connectivity index (χ2v) is 10.2. The first-order valence-corrected chi connectivity index (χ1v) is 13.2. The van der Waals surface area contributed by atoms with Gasteiger partial charge < -0.3 is 10.6 Å². The number of amides is 2. The van der Waals surface area contributed by atoms with Crippen LogP contribution in [0.4, 0.5) is 11.4 Å². The van der Waals surface area contributed by atoms with Crippen molar-refractivity contribution < 1.29 is 18.0 Å². The average molecular weight is 514 g/mol. The molecule has 0 radical (unpaired) electrons. The molecule has 0 heterocycles. The smallest absolute Gasteiger partial charge is 0.261 e. The molecule has 0 aliphatic carbocycles. The highest BCUT2D eigenvalue weighted by Crippen LogP contribution is 2.25. The lowest BCUT2D eigenvalue weighted by Gasteiger charge is -2.17. The fraction of sp³-hybridized carbons (Fsp3) is 0.103. The molecule has 3 N–H and O–H groups in total. The van der Waals surface area contributed by atoms with E-state index in [0.29, 0.717) is 22.5 Å². The van der Waals surface area contributed by atoms with Crippen LogP contribution in [0, 0.1) is 6.92 Å². The number of rotatable bonds is 8. The first kappa shape index (κ1) is 25.7. The molecule has 0 fully saturated rings. The van der Waals surface area contributed by atoms with Gasteiger partial charge in [0.25, 0.3) is 21.8 Å². The molecule has 0 saturated heterocycles.